The van der Waals surface area contributed by atoms with Gasteiger partial charge in [0.1, 0.15) is 5.76 Å². The second-order valence-corrected chi connectivity index (χ2v) is 5.80. The minimum absolute atomic E-state index is 0.125. The molecule has 0 bridgehead atoms. The third kappa shape index (κ3) is 3.02. The Labute approximate surface area is 125 Å². The fourth-order valence-electron chi connectivity index (χ4n) is 2.42. The number of carbonyl (C=O) groups excluding carboxylic acids is 1. The highest BCUT2D eigenvalue weighted by Crippen LogP contribution is 2.32. The summed E-state index contributed by atoms with van der Waals surface area (Å²) in [6, 6.07) is 11.7. The Morgan fingerprint density at radius 2 is 1.95 bits per heavy atom. The minimum Gasteiger partial charge on any atom is -0.469 e. The first kappa shape index (κ1) is 13.2. The maximum atomic E-state index is 11.9. The predicted molar refractivity (Wildman–Crippen MR) is 81.5 cm³/mol. The molecule has 1 aliphatic carbocycles. The van der Waals surface area contributed by atoms with Crippen molar-refractivity contribution in [2.75, 3.05) is 5.32 Å². The maximum Gasteiger partial charge on any atom is 0.158 e. The van der Waals surface area contributed by atoms with E-state index in [9.17, 15) is 4.79 Å². The van der Waals surface area contributed by atoms with Gasteiger partial charge in [-0.2, -0.15) is 0 Å². The summed E-state index contributed by atoms with van der Waals surface area (Å²) in [5, 5.41) is 3.31. The van der Waals surface area contributed by atoms with Crippen molar-refractivity contribution in [1.82, 2.24) is 0 Å². The van der Waals surface area contributed by atoms with Gasteiger partial charge in [-0.1, -0.05) is 15.9 Å². The van der Waals surface area contributed by atoms with Gasteiger partial charge in [-0.25, -0.2) is 0 Å². The summed E-state index contributed by atoms with van der Waals surface area (Å²) in [5.41, 5.74) is 1.91. The summed E-state index contributed by atoms with van der Waals surface area (Å²) in [4.78, 5) is 11.9. The second-order valence-electron chi connectivity index (χ2n) is 4.89. The zero-order chi connectivity index (χ0) is 13.9. The van der Waals surface area contributed by atoms with Crippen LogP contribution in [0.25, 0.3) is 0 Å². The molecule has 3 nitrogen and oxygen atoms in total. The fourth-order valence-corrected chi connectivity index (χ4v) is 2.69. The SMILES string of the molecule is O=C1C=C(Nc2ccc(Br)cc2)C[C@H](c2ccco2)C1. The van der Waals surface area contributed by atoms with Gasteiger partial charge in [-0.15, -0.1) is 0 Å². The molecule has 1 aliphatic rings. The Kier molecular flexibility index (Phi) is 3.74. The van der Waals surface area contributed by atoms with Crippen molar-refractivity contribution in [3.63, 3.8) is 0 Å². The standard InChI is InChI=1S/C16H14BrNO2/c17-12-3-5-13(6-4-12)18-14-8-11(9-15(19)10-14)16-2-1-7-20-16/h1-7,10-11,18H,8-9H2/t11-/m0/s1. The van der Waals surface area contributed by atoms with E-state index in [4.69, 9.17) is 4.42 Å². The molecule has 0 aliphatic heterocycles. The molecule has 1 heterocycles. The van der Waals surface area contributed by atoms with E-state index in [1.54, 1.807) is 12.3 Å². The number of hydrogen-bond acceptors (Lipinski definition) is 3. The van der Waals surface area contributed by atoms with Crippen LogP contribution in [-0.2, 0) is 4.79 Å². The monoisotopic (exact) mass is 331 g/mol. The maximum absolute atomic E-state index is 11.9. The molecule has 2 aromatic rings. The summed E-state index contributed by atoms with van der Waals surface area (Å²) < 4.78 is 6.45. The Bertz CT molecular complexity index is 629. The third-order valence-corrected chi connectivity index (χ3v) is 3.87. The Balaban J connectivity index is 1.76. The summed E-state index contributed by atoms with van der Waals surface area (Å²) in [7, 11) is 0. The lowest BCUT2D eigenvalue weighted by Gasteiger charge is -2.21. The van der Waals surface area contributed by atoms with Crippen LogP contribution in [0.5, 0.6) is 0 Å². The van der Waals surface area contributed by atoms with Gasteiger partial charge in [-0.3, -0.25) is 4.79 Å². The lowest BCUT2D eigenvalue weighted by Crippen LogP contribution is -2.16. The van der Waals surface area contributed by atoms with Gasteiger partial charge in [0.15, 0.2) is 5.78 Å². The molecule has 0 amide bonds. The first-order chi connectivity index (χ1) is 9.70. The highest BCUT2D eigenvalue weighted by atomic mass is 79.9. The average Bonchev–Trinajstić information content (AvgIpc) is 2.95. The van der Waals surface area contributed by atoms with Crippen molar-refractivity contribution >= 4 is 27.4 Å². The largest absolute Gasteiger partial charge is 0.469 e. The lowest BCUT2D eigenvalue weighted by atomic mass is 9.89. The van der Waals surface area contributed by atoms with E-state index in [0.717, 1.165) is 28.0 Å². The summed E-state index contributed by atoms with van der Waals surface area (Å²) >= 11 is 3.41. The van der Waals surface area contributed by atoms with Gasteiger partial charge >= 0.3 is 0 Å². The zero-order valence-electron chi connectivity index (χ0n) is 10.8. The van der Waals surface area contributed by atoms with E-state index in [-0.39, 0.29) is 11.7 Å². The molecule has 0 fully saturated rings. The molecule has 4 heteroatoms. The number of hydrogen-bond donors (Lipinski definition) is 1. The van der Waals surface area contributed by atoms with E-state index < -0.39 is 0 Å². The third-order valence-electron chi connectivity index (χ3n) is 3.34. The average molecular weight is 332 g/mol. The number of ketones is 1. The number of allylic oxidation sites excluding steroid dienone is 2. The highest BCUT2D eigenvalue weighted by Gasteiger charge is 2.24. The first-order valence-electron chi connectivity index (χ1n) is 6.50. The van der Waals surface area contributed by atoms with Crippen LogP contribution in [0.4, 0.5) is 5.69 Å². The molecule has 0 radical (unpaired) electrons. The summed E-state index contributed by atoms with van der Waals surface area (Å²) in [5.74, 6) is 1.14. The second kappa shape index (κ2) is 5.67. The van der Waals surface area contributed by atoms with Gasteiger partial charge in [0.05, 0.1) is 6.26 Å². The fraction of sp³-hybridized carbons (Fsp3) is 0.188. The van der Waals surface area contributed by atoms with Crippen LogP contribution in [0, 0.1) is 0 Å². The number of furan rings is 1. The van der Waals surface area contributed by atoms with Crippen molar-refractivity contribution in [2.24, 2.45) is 0 Å². The van der Waals surface area contributed by atoms with Gasteiger partial charge in [0.25, 0.3) is 0 Å². The number of anilines is 1. The van der Waals surface area contributed by atoms with Gasteiger partial charge in [0, 0.05) is 34.3 Å². The smallest absolute Gasteiger partial charge is 0.158 e. The number of nitrogens with one attached hydrogen (secondary N) is 1. The van der Waals surface area contributed by atoms with Crippen LogP contribution in [0.1, 0.15) is 24.5 Å². The molecule has 0 saturated carbocycles. The van der Waals surface area contributed by atoms with Crippen molar-refractivity contribution in [2.45, 2.75) is 18.8 Å². The Morgan fingerprint density at radius 1 is 1.15 bits per heavy atom. The molecule has 102 valence electrons. The number of benzene rings is 1. The highest BCUT2D eigenvalue weighted by molar-refractivity contribution is 9.10. The zero-order valence-corrected chi connectivity index (χ0v) is 12.4. The molecule has 1 atom stereocenters. The van der Waals surface area contributed by atoms with Crippen LogP contribution < -0.4 is 5.32 Å². The van der Waals surface area contributed by atoms with Crippen molar-refractivity contribution in [3.05, 3.63) is 64.7 Å². The van der Waals surface area contributed by atoms with Crippen LogP contribution in [-0.4, -0.2) is 5.78 Å². The predicted octanol–water partition coefficient (Wildman–Crippen LogP) is 4.48. The van der Waals surface area contributed by atoms with E-state index in [1.807, 2.05) is 36.4 Å². The molecule has 0 unspecified atom stereocenters. The van der Waals surface area contributed by atoms with Crippen LogP contribution in [0.2, 0.25) is 0 Å². The van der Waals surface area contributed by atoms with E-state index in [1.165, 1.54) is 0 Å². The van der Waals surface area contributed by atoms with Crippen molar-refractivity contribution in [1.29, 1.82) is 0 Å². The molecular formula is C16H14BrNO2. The van der Waals surface area contributed by atoms with Crippen LogP contribution in [0.15, 0.2) is 63.3 Å². The van der Waals surface area contributed by atoms with Crippen LogP contribution in [0.3, 0.4) is 0 Å². The van der Waals surface area contributed by atoms with Gasteiger partial charge < -0.3 is 9.73 Å². The molecule has 0 spiro atoms. The molecule has 3 rings (SSSR count). The topological polar surface area (TPSA) is 42.2 Å². The molecule has 1 N–H and O–H groups in total. The van der Waals surface area contributed by atoms with E-state index >= 15 is 0 Å². The molecule has 1 aromatic heterocycles. The quantitative estimate of drug-likeness (QED) is 0.901. The van der Waals surface area contributed by atoms with Gasteiger partial charge in [-0.05, 0) is 42.8 Å². The molecule has 0 saturated heterocycles. The molecular weight excluding hydrogens is 318 g/mol. The number of carbonyl (C=O) groups is 1. The van der Waals surface area contributed by atoms with Gasteiger partial charge in [0.2, 0.25) is 0 Å². The summed E-state index contributed by atoms with van der Waals surface area (Å²) in [6.45, 7) is 0. The number of rotatable bonds is 3. The molecule has 20 heavy (non-hydrogen) atoms. The van der Waals surface area contributed by atoms with E-state index in [2.05, 4.69) is 21.2 Å². The number of halogens is 1. The first-order valence-corrected chi connectivity index (χ1v) is 7.29. The Hall–Kier alpha value is -1.81. The molecule has 1 aromatic carbocycles. The van der Waals surface area contributed by atoms with Crippen molar-refractivity contribution in [3.8, 4) is 0 Å². The normalized spacial score (nSPS) is 18.8. The lowest BCUT2D eigenvalue weighted by molar-refractivity contribution is -0.115. The Morgan fingerprint density at radius 3 is 2.65 bits per heavy atom. The van der Waals surface area contributed by atoms with E-state index in [0.29, 0.717) is 6.42 Å². The van der Waals surface area contributed by atoms with Crippen LogP contribution >= 0.6 is 15.9 Å². The van der Waals surface area contributed by atoms with Crippen molar-refractivity contribution < 1.29 is 9.21 Å². The minimum atomic E-state index is 0.125. The summed E-state index contributed by atoms with van der Waals surface area (Å²) in [6.07, 6.45) is 4.65.